The van der Waals surface area contributed by atoms with E-state index in [-0.39, 0.29) is 12.7 Å². The van der Waals surface area contributed by atoms with Gasteiger partial charge in [-0.1, -0.05) is 28.1 Å². The van der Waals surface area contributed by atoms with Crippen LogP contribution in [0.5, 0.6) is 11.5 Å². The molecule has 1 aliphatic heterocycles. The molecule has 2 aromatic rings. The average molecular weight is 413 g/mol. The van der Waals surface area contributed by atoms with E-state index in [2.05, 4.69) is 37.2 Å². The van der Waals surface area contributed by atoms with E-state index in [1.807, 2.05) is 30.3 Å². The first kappa shape index (κ1) is 14.4. The van der Waals surface area contributed by atoms with Gasteiger partial charge in [0.05, 0.1) is 5.56 Å². The van der Waals surface area contributed by atoms with Gasteiger partial charge in [0.2, 0.25) is 6.79 Å². The van der Waals surface area contributed by atoms with Crippen LogP contribution in [0.2, 0.25) is 0 Å². The van der Waals surface area contributed by atoms with Crippen LogP contribution in [-0.4, -0.2) is 12.7 Å². The van der Waals surface area contributed by atoms with E-state index >= 15 is 0 Å². The molecule has 1 heterocycles. The lowest BCUT2D eigenvalue weighted by atomic mass is 10.1. The maximum atomic E-state index is 12.2. The second-order valence-corrected chi connectivity index (χ2v) is 6.23. The molecule has 0 spiro atoms. The van der Waals surface area contributed by atoms with Crippen LogP contribution < -0.4 is 14.8 Å². The zero-order chi connectivity index (χ0) is 14.8. The van der Waals surface area contributed by atoms with Crippen molar-refractivity contribution in [2.75, 3.05) is 6.79 Å². The first-order chi connectivity index (χ1) is 10.1. The summed E-state index contributed by atoms with van der Waals surface area (Å²) in [4.78, 5) is 12.2. The molecule has 6 heteroatoms. The van der Waals surface area contributed by atoms with E-state index in [1.165, 1.54) is 0 Å². The van der Waals surface area contributed by atoms with Gasteiger partial charge in [-0.25, -0.2) is 0 Å². The summed E-state index contributed by atoms with van der Waals surface area (Å²) in [5.41, 5.74) is 1.48. The molecule has 0 aliphatic carbocycles. The molecule has 0 unspecified atom stereocenters. The molecule has 1 N–H and O–H groups in total. The largest absolute Gasteiger partial charge is 0.454 e. The van der Waals surface area contributed by atoms with E-state index < -0.39 is 0 Å². The summed E-state index contributed by atoms with van der Waals surface area (Å²) < 4.78 is 12.4. The van der Waals surface area contributed by atoms with Crippen molar-refractivity contribution in [3.63, 3.8) is 0 Å². The molecule has 0 aromatic heterocycles. The Morgan fingerprint density at radius 1 is 1.19 bits per heavy atom. The molecule has 3 rings (SSSR count). The second-order valence-electron chi connectivity index (χ2n) is 4.46. The SMILES string of the molecule is O=C(NCc1cccc2c1OCO2)c1ccc(Br)cc1Br. The summed E-state index contributed by atoms with van der Waals surface area (Å²) >= 11 is 6.75. The van der Waals surface area contributed by atoms with Crippen molar-refractivity contribution >= 4 is 37.8 Å². The Kier molecular flexibility index (Phi) is 4.17. The molecule has 1 amide bonds. The molecular formula is C15H11Br2NO3. The third-order valence-corrected chi connectivity index (χ3v) is 4.24. The van der Waals surface area contributed by atoms with E-state index in [1.54, 1.807) is 6.07 Å². The molecule has 108 valence electrons. The third-order valence-electron chi connectivity index (χ3n) is 3.09. The van der Waals surface area contributed by atoms with Gasteiger partial charge in [-0.2, -0.15) is 0 Å². The Bertz CT molecular complexity index is 703. The number of nitrogens with one attached hydrogen (secondary N) is 1. The number of hydrogen-bond acceptors (Lipinski definition) is 3. The molecule has 0 fully saturated rings. The fourth-order valence-corrected chi connectivity index (χ4v) is 3.30. The van der Waals surface area contributed by atoms with Gasteiger partial charge in [-0.3, -0.25) is 4.79 Å². The molecule has 0 saturated heterocycles. The minimum absolute atomic E-state index is 0.147. The third kappa shape index (κ3) is 3.06. The number of halogens is 2. The standard InChI is InChI=1S/C15H11Br2NO3/c16-10-4-5-11(12(17)6-10)15(19)18-7-9-2-1-3-13-14(9)21-8-20-13/h1-6H,7-8H2,(H,18,19). The van der Waals surface area contributed by atoms with Gasteiger partial charge in [0.15, 0.2) is 11.5 Å². The van der Waals surface area contributed by atoms with Gasteiger partial charge >= 0.3 is 0 Å². The summed E-state index contributed by atoms with van der Waals surface area (Å²) in [6, 6.07) is 11.1. The number of hydrogen-bond donors (Lipinski definition) is 1. The normalized spacial score (nSPS) is 12.3. The van der Waals surface area contributed by atoms with Crippen molar-refractivity contribution in [3.8, 4) is 11.5 Å². The molecule has 1 aliphatic rings. The molecule has 2 aromatic carbocycles. The van der Waals surface area contributed by atoms with Crippen LogP contribution in [0.25, 0.3) is 0 Å². The number of para-hydroxylation sites is 1. The van der Waals surface area contributed by atoms with E-state index in [0.29, 0.717) is 23.6 Å². The Morgan fingerprint density at radius 3 is 2.86 bits per heavy atom. The van der Waals surface area contributed by atoms with Crippen LogP contribution in [0.15, 0.2) is 45.3 Å². The monoisotopic (exact) mass is 411 g/mol. The molecule has 0 radical (unpaired) electrons. The van der Waals surface area contributed by atoms with Gasteiger partial charge in [0, 0.05) is 21.1 Å². The van der Waals surface area contributed by atoms with Crippen LogP contribution in [0.4, 0.5) is 0 Å². The lowest BCUT2D eigenvalue weighted by Crippen LogP contribution is -2.23. The first-order valence-electron chi connectivity index (χ1n) is 6.26. The number of carbonyl (C=O) groups excluding carboxylic acids is 1. The highest BCUT2D eigenvalue weighted by Gasteiger charge is 2.18. The van der Waals surface area contributed by atoms with Gasteiger partial charge < -0.3 is 14.8 Å². The summed E-state index contributed by atoms with van der Waals surface area (Å²) in [6.45, 7) is 0.604. The summed E-state index contributed by atoms with van der Waals surface area (Å²) in [6.07, 6.45) is 0. The van der Waals surface area contributed by atoms with E-state index in [0.717, 1.165) is 14.5 Å². The molecule has 0 atom stereocenters. The van der Waals surface area contributed by atoms with Gasteiger partial charge in [0.1, 0.15) is 0 Å². The minimum atomic E-state index is -0.147. The van der Waals surface area contributed by atoms with Crippen molar-refractivity contribution in [1.29, 1.82) is 0 Å². The van der Waals surface area contributed by atoms with Crippen molar-refractivity contribution in [3.05, 3.63) is 56.5 Å². The molecular weight excluding hydrogens is 402 g/mol. The van der Waals surface area contributed by atoms with E-state index in [9.17, 15) is 4.79 Å². The highest BCUT2D eigenvalue weighted by molar-refractivity contribution is 9.11. The highest BCUT2D eigenvalue weighted by atomic mass is 79.9. The number of fused-ring (bicyclic) bond motifs is 1. The fourth-order valence-electron chi connectivity index (χ4n) is 2.07. The Hall–Kier alpha value is -1.53. The minimum Gasteiger partial charge on any atom is -0.454 e. The number of ether oxygens (including phenoxy) is 2. The maximum Gasteiger partial charge on any atom is 0.252 e. The van der Waals surface area contributed by atoms with Gasteiger partial charge in [-0.05, 0) is 40.2 Å². The predicted molar refractivity (Wildman–Crippen MR) is 85.6 cm³/mol. The summed E-state index contributed by atoms with van der Waals surface area (Å²) in [5, 5.41) is 2.89. The Labute approximate surface area is 138 Å². The van der Waals surface area contributed by atoms with Crippen molar-refractivity contribution < 1.29 is 14.3 Å². The van der Waals surface area contributed by atoms with Crippen molar-refractivity contribution in [2.24, 2.45) is 0 Å². The van der Waals surface area contributed by atoms with Crippen LogP contribution in [0.1, 0.15) is 15.9 Å². The molecule has 0 bridgehead atoms. The number of benzene rings is 2. The number of carbonyl (C=O) groups is 1. The van der Waals surface area contributed by atoms with Crippen LogP contribution in [-0.2, 0) is 6.54 Å². The average Bonchev–Trinajstić information content (AvgIpc) is 2.93. The topological polar surface area (TPSA) is 47.6 Å². The zero-order valence-corrected chi connectivity index (χ0v) is 14.0. The molecule has 4 nitrogen and oxygen atoms in total. The maximum absolute atomic E-state index is 12.2. The van der Waals surface area contributed by atoms with Crippen molar-refractivity contribution in [1.82, 2.24) is 5.32 Å². The van der Waals surface area contributed by atoms with Gasteiger partial charge in [-0.15, -0.1) is 0 Å². The molecule has 21 heavy (non-hydrogen) atoms. The van der Waals surface area contributed by atoms with Crippen LogP contribution in [0.3, 0.4) is 0 Å². The van der Waals surface area contributed by atoms with Gasteiger partial charge in [0.25, 0.3) is 5.91 Å². The first-order valence-corrected chi connectivity index (χ1v) is 7.84. The smallest absolute Gasteiger partial charge is 0.252 e. The van der Waals surface area contributed by atoms with Crippen LogP contribution >= 0.6 is 31.9 Å². The Balaban J connectivity index is 1.73. The highest BCUT2D eigenvalue weighted by Crippen LogP contribution is 2.35. The number of amides is 1. The summed E-state index contributed by atoms with van der Waals surface area (Å²) in [5.74, 6) is 1.27. The number of rotatable bonds is 3. The summed E-state index contributed by atoms with van der Waals surface area (Å²) in [7, 11) is 0. The molecule has 0 saturated carbocycles. The predicted octanol–water partition coefficient (Wildman–Crippen LogP) is 3.87. The second kappa shape index (κ2) is 6.07. The Morgan fingerprint density at radius 2 is 2.05 bits per heavy atom. The quantitative estimate of drug-likeness (QED) is 0.832. The van der Waals surface area contributed by atoms with E-state index in [4.69, 9.17) is 9.47 Å². The van der Waals surface area contributed by atoms with Crippen LogP contribution in [0, 0.1) is 0 Å². The lowest BCUT2D eigenvalue weighted by molar-refractivity contribution is 0.0950. The zero-order valence-electron chi connectivity index (χ0n) is 10.9. The fraction of sp³-hybridized carbons (Fsp3) is 0.133. The lowest BCUT2D eigenvalue weighted by Gasteiger charge is -2.09. The van der Waals surface area contributed by atoms with Crippen molar-refractivity contribution in [2.45, 2.75) is 6.54 Å².